The van der Waals surface area contributed by atoms with E-state index in [2.05, 4.69) is 37.4 Å². The van der Waals surface area contributed by atoms with E-state index in [1.54, 1.807) is 24.9 Å². The molecule has 5 aliphatic rings. The molecule has 324 valence electrons. The van der Waals surface area contributed by atoms with Crippen molar-refractivity contribution in [1.82, 2.24) is 43.7 Å². The molecule has 1 aliphatic carbocycles. The number of morpholine rings is 1. The fraction of sp³-hybridized carbons (Fsp3) is 0.523. The van der Waals surface area contributed by atoms with Crippen molar-refractivity contribution in [2.24, 2.45) is 13.0 Å². The molecule has 3 amide bonds. The van der Waals surface area contributed by atoms with Crippen molar-refractivity contribution in [3.8, 4) is 17.7 Å². The van der Waals surface area contributed by atoms with Crippen LogP contribution in [0.1, 0.15) is 85.8 Å². The summed E-state index contributed by atoms with van der Waals surface area (Å²) >= 11 is 0. The number of rotatable bonds is 10. The number of anilines is 2. The van der Waals surface area contributed by atoms with Crippen molar-refractivity contribution in [2.75, 3.05) is 56.7 Å². The number of hydrogen-bond donors (Lipinski definition) is 2. The first-order valence-electron chi connectivity index (χ1n) is 21.7. The lowest BCUT2D eigenvalue weighted by molar-refractivity contribution is -0.135. The smallest absolute Gasteiger partial charge is 0.329 e. The van der Waals surface area contributed by atoms with E-state index in [-0.39, 0.29) is 55.2 Å². The van der Waals surface area contributed by atoms with Crippen LogP contribution in [0.4, 0.5) is 11.5 Å². The summed E-state index contributed by atoms with van der Waals surface area (Å²) in [5, 5.41) is 14.5. The number of nitrogens with one attached hydrogen (secondary N) is 2. The van der Waals surface area contributed by atoms with E-state index in [0.29, 0.717) is 57.9 Å². The van der Waals surface area contributed by atoms with E-state index < -0.39 is 11.9 Å². The molecule has 62 heavy (non-hydrogen) atoms. The molecule has 2 bridgehead atoms. The van der Waals surface area contributed by atoms with Crippen molar-refractivity contribution in [3.63, 3.8) is 0 Å². The highest BCUT2D eigenvalue weighted by molar-refractivity contribution is 6.08. The minimum Gasteiger partial charge on any atom is -0.478 e. The second kappa shape index (κ2) is 16.7. The number of carbonyl (C=O) groups is 3. The van der Waals surface area contributed by atoms with Crippen LogP contribution in [0, 0.1) is 17.8 Å². The van der Waals surface area contributed by atoms with E-state index >= 15 is 0 Å². The lowest BCUT2D eigenvalue weighted by Crippen LogP contribution is -2.44. The summed E-state index contributed by atoms with van der Waals surface area (Å²) in [5.41, 5.74) is 3.04. The second-order valence-electron chi connectivity index (χ2n) is 17.2. The molecule has 1 unspecified atom stereocenters. The average molecular weight is 846 g/mol. The second-order valence-corrected chi connectivity index (χ2v) is 17.2. The Morgan fingerprint density at radius 1 is 1.05 bits per heavy atom. The number of para-hydroxylation sites is 1. The van der Waals surface area contributed by atoms with Gasteiger partial charge < -0.3 is 29.3 Å². The Hall–Kier alpha value is -6.03. The lowest BCUT2D eigenvalue weighted by atomic mass is 9.85. The first kappa shape index (κ1) is 40.1. The summed E-state index contributed by atoms with van der Waals surface area (Å²) in [5.74, 6) is 7.05. The minimum absolute atomic E-state index is 0.136. The van der Waals surface area contributed by atoms with Gasteiger partial charge in [0, 0.05) is 45.8 Å². The number of fused-ring (bicyclic) bond motifs is 4. The van der Waals surface area contributed by atoms with Crippen molar-refractivity contribution >= 4 is 45.9 Å². The van der Waals surface area contributed by atoms with Gasteiger partial charge in [-0.3, -0.25) is 33.5 Å². The van der Waals surface area contributed by atoms with Crippen LogP contribution >= 0.6 is 0 Å². The number of aromatic nitrogens is 7. The average Bonchev–Trinajstić information content (AvgIpc) is 4.13. The topological polar surface area (TPSA) is 184 Å². The molecule has 10 rings (SSSR count). The molecule has 4 aromatic heterocycles. The van der Waals surface area contributed by atoms with Crippen LogP contribution in [-0.2, 0) is 26.1 Å². The highest BCUT2D eigenvalue weighted by Gasteiger charge is 2.40. The first-order valence-corrected chi connectivity index (χ1v) is 21.7. The third-order valence-electron chi connectivity index (χ3n) is 13.4. The molecule has 18 nitrogen and oxygen atoms in total. The summed E-state index contributed by atoms with van der Waals surface area (Å²) < 4.78 is 24.1. The maximum absolute atomic E-state index is 13.6. The summed E-state index contributed by atoms with van der Waals surface area (Å²) in [6.07, 6.45) is 13.2. The highest BCUT2D eigenvalue weighted by Crippen LogP contribution is 2.36. The van der Waals surface area contributed by atoms with Gasteiger partial charge in [0.25, 0.3) is 11.8 Å². The van der Waals surface area contributed by atoms with E-state index in [0.717, 1.165) is 76.9 Å². The largest absolute Gasteiger partial charge is 0.478 e. The Bertz CT molecular complexity index is 2650. The first-order chi connectivity index (χ1) is 30.2. The summed E-state index contributed by atoms with van der Waals surface area (Å²) in [6.45, 7) is 4.80. The molecular formula is C44H51N11O7. The molecule has 4 aliphatic heterocycles. The number of benzene rings is 1. The van der Waals surface area contributed by atoms with Crippen LogP contribution in [0.3, 0.4) is 0 Å². The van der Waals surface area contributed by atoms with Crippen molar-refractivity contribution < 1.29 is 28.6 Å². The molecule has 8 heterocycles. The van der Waals surface area contributed by atoms with Crippen molar-refractivity contribution in [3.05, 3.63) is 64.5 Å². The van der Waals surface area contributed by atoms with Gasteiger partial charge in [-0.25, -0.2) is 14.3 Å². The van der Waals surface area contributed by atoms with Gasteiger partial charge in [0.15, 0.2) is 5.65 Å². The van der Waals surface area contributed by atoms with Crippen LogP contribution in [-0.4, -0.2) is 121 Å². The standard InChI is InChI=1S/C44H51N11O7/c1-50-39-28(5-3-7-35(39)55(44(50)59)36-12-13-38(56)48-42(36)58)6-4-20-61-31-14-17-51(18-15-31)23-27-8-10-29(11-9-27)54-25-34(43(49-54)60-2)46-41(57)33-22-45-53-19-16-37(47-40(33)53)52-24-32-21-30(52)26-62-32/h3,5,7,16,19,22,25,27,29-32,36H,8-15,17-18,20-21,23-24,26H2,1-2H3,(H,46,57)(H,48,56,58)/t27-,29-,30-,32-,36?/m1/s1. The van der Waals surface area contributed by atoms with E-state index in [1.807, 2.05) is 41.3 Å². The zero-order valence-corrected chi connectivity index (χ0v) is 35.0. The Balaban J connectivity index is 0.691. The lowest BCUT2D eigenvalue weighted by Gasteiger charge is -2.36. The van der Waals surface area contributed by atoms with Gasteiger partial charge in [0.2, 0.25) is 11.8 Å². The number of ether oxygens (including phenoxy) is 3. The molecule has 5 fully saturated rings. The van der Waals surface area contributed by atoms with Crippen molar-refractivity contribution in [2.45, 2.75) is 88.1 Å². The Morgan fingerprint density at radius 3 is 2.65 bits per heavy atom. The number of carbonyl (C=O) groups excluding carboxylic acids is 3. The summed E-state index contributed by atoms with van der Waals surface area (Å²) in [6, 6.07) is 7.23. The monoisotopic (exact) mass is 845 g/mol. The number of hydrogen-bond acceptors (Lipinski definition) is 12. The number of amides is 3. The molecular weight excluding hydrogens is 795 g/mol. The zero-order valence-electron chi connectivity index (χ0n) is 35.0. The van der Waals surface area contributed by atoms with E-state index in [9.17, 15) is 19.2 Å². The van der Waals surface area contributed by atoms with Gasteiger partial charge in [-0.2, -0.15) is 5.10 Å². The predicted molar refractivity (Wildman–Crippen MR) is 227 cm³/mol. The quantitative estimate of drug-likeness (QED) is 0.155. The number of methoxy groups -OCH3 is 1. The van der Waals surface area contributed by atoms with Crippen LogP contribution in [0.15, 0.2) is 47.7 Å². The molecule has 2 N–H and O–H groups in total. The number of piperidine rings is 2. The normalized spacial score (nSPS) is 24.4. The highest BCUT2D eigenvalue weighted by atomic mass is 16.5. The van der Waals surface area contributed by atoms with Gasteiger partial charge >= 0.3 is 5.69 Å². The number of aryl methyl sites for hydroxylation is 1. The Kier molecular flexibility index (Phi) is 10.8. The van der Waals surface area contributed by atoms with E-state index in [1.165, 1.54) is 9.13 Å². The fourth-order valence-electron chi connectivity index (χ4n) is 10.1. The van der Waals surface area contributed by atoms with Gasteiger partial charge in [0.05, 0.1) is 67.0 Å². The third-order valence-corrected chi connectivity index (χ3v) is 13.4. The van der Waals surface area contributed by atoms with Crippen LogP contribution in [0.25, 0.3) is 16.7 Å². The third kappa shape index (κ3) is 7.62. The Labute approximate surface area is 357 Å². The van der Waals surface area contributed by atoms with Crippen LogP contribution in [0.5, 0.6) is 5.88 Å². The summed E-state index contributed by atoms with van der Waals surface area (Å²) in [4.78, 5) is 60.8. The fourth-order valence-corrected chi connectivity index (χ4v) is 10.1. The molecule has 5 aromatic rings. The maximum Gasteiger partial charge on any atom is 0.329 e. The molecule has 3 atom stereocenters. The molecule has 0 spiro atoms. The van der Waals surface area contributed by atoms with Crippen LogP contribution in [0.2, 0.25) is 0 Å². The summed E-state index contributed by atoms with van der Waals surface area (Å²) in [7, 11) is 3.24. The van der Waals surface area contributed by atoms with Crippen molar-refractivity contribution in [1.29, 1.82) is 0 Å². The maximum atomic E-state index is 13.6. The number of likely N-dealkylation sites (tertiary alicyclic amines) is 1. The predicted octanol–water partition coefficient (Wildman–Crippen LogP) is 3.06. The molecule has 18 heteroatoms. The van der Waals surface area contributed by atoms with E-state index in [4.69, 9.17) is 24.3 Å². The van der Waals surface area contributed by atoms with Crippen LogP contribution < -0.4 is 26.0 Å². The SMILES string of the molecule is COc1nn([C@H]2CC[C@H](CN3CCC(OCC#Cc4cccc5c4n(C)c(=O)n5C4CCC(=O)NC4=O)CC3)CC2)cc1NC(=O)c1cnn2ccc(N3C[C@H]4C[C@@H]3CO4)nc12. The number of imide groups is 1. The number of nitrogens with zero attached hydrogens (tertiary/aromatic N) is 9. The minimum atomic E-state index is -0.741. The molecule has 1 saturated carbocycles. The van der Waals surface area contributed by atoms with Gasteiger partial charge in [-0.15, -0.1) is 5.10 Å². The van der Waals surface area contributed by atoms with Gasteiger partial charge in [-0.05, 0) is 75.5 Å². The van der Waals surface area contributed by atoms with Gasteiger partial charge in [0.1, 0.15) is 29.7 Å². The molecule has 1 aromatic carbocycles. The Morgan fingerprint density at radius 2 is 1.89 bits per heavy atom. The van der Waals surface area contributed by atoms with Gasteiger partial charge in [-0.1, -0.05) is 17.9 Å². The molecule has 4 saturated heterocycles. The zero-order chi connectivity index (χ0) is 42.5. The number of imidazole rings is 1. The molecule has 0 radical (unpaired) electrons.